The van der Waals surface area contributed by atoms with Crippen LogP contribution in [0.5, 0.6) is 11.5 Å². The van der Waals surface area contributed by atoms with E-state index in [1.54, 1.807) is 12.1 Å². The van der Waals surface area contributed by atoms with Gasteiger partial charge in [-0.15, -0.1) is 13.2 Å². The Morgan fingerprint density at radius 3 is 2.64 bits per heavy atom. The van der Waals surface area contributed by atoms with E-state index in [-0.39, 0.29) is 22.3 Å². The standard InChI is InChI=1S/C15H10F3N3O3S/c16-15(17,18)24-8-5-6-10-12(7-8)25-14(20-10)21-13(23)19-9-3-1-2-4-11(9)22/h1-7,22H,(H2,19,20,21,23). The van der Waals surface area contributed by atoms with Crippen LogP contribution in [0.2, 0.25) is 0 Å². The number of nitrogens with zero attached hydrogens (tertiary/aromatic N) is 1. The first-order chi connectivity index (χ1) is 11.8. The van der Waals surface area contributed by atoms with Crippen LogP contribution < -0.4 is 15.4 Å². The number of nitrogens with one attached hydrogen (secondary N) is 2. The van der Waals surface area contributed by atoms with Crippen LogP contribution in [0, 0.1) is 0 Å². The molecule has 0 atom stereocenters. The summed E-state index contributed by atoms with van der Waals surface area (Å²) in [5.41, 5.74) is 0.624. The molecule has 2 amide bonds. The molecular formula is C15H10F3N3O3S. The van der Waals surface area contributed by atoms with E-state index in [1.807, 2.05) is 0 Å². The number of aromatic hydroxyl groups is 1. The Bertz CT molecular complexity index is 927. The highest BCUT2D eigenvalue weighted by atomic mass is 32.1. The molecule has 0 aliphatic rings. The molecule has 1 aromatic heterocycles. The van der Waals surface area contributed by atoms with Crippen LogP contribution in [0.1, 0.15) is 0 Å². The zero-order valence-electron chi connectivity index (χ0n) is 12.3. The second kappa shape index (κ2) is 6.48. The molecule has 25 heavy (non-hydrogen) atoms. The maximum absolute atomic E-state index is 12.2. The number of hydrogen-bond donors (Lipinski definition) is 3. The summed E-state index contributed by atoms with van der Waals surface area (Å²) in [6, 6.07) is 9.20. The first-order valence-corrected chi connectivity index (χ1v) is 7.64. The molecule has 0 spiro atoms. The number of aromatic nitrogens is 1. The number of thiazole rings is 1. The Kier molecular flexibility index (Phi) is 4.36. The molecule has 0 bridgehead atoms. The maximum atomic E-state index is 12.2. The van der Waals surface area contributed by atoms with Gasteiger partial charge in [-0.05, 0) is 24.3 Å². The molecule has 10 heteroatoms. The van der Waals surface area contributed by atoms with Crippen molar-refractivity contribution in [1.82, 2.24) is 4.98 Å². The molecule has 6 nitrogen and oxygen atoms in total. The van der Waals surface area contributed by atoms with Crippen molar-refractivity contribution in [2.45, 2.75) is 6.36 Å². The summed E-state index contributed by atoms with van der Waals surface area (Å²) < 4.78 is 41.0. The summed E-state index contributed by atoms with van der Waals surface area (Å²) in [4.78, 5) is 16.0. The van der Waals surface area contributed by atoms with E-state index in [9.17, 15) is 23.1 Å². The molecule has 0 aliphatic carbocycles. The van der Waals surface area contributed by atoms with Gasteiger partial charge in [0.15, 0.2) is 5.13 Å². The molecule has 0 fully saturated rings. The number of hydrogen-bond acceptors (Lipinski definition) is 5. The van der Waals surface area contributed by atoms with Crippen molar-refractivity contribution in [1.29, 1.82) is 0 Å². The lowest BCUT2D eigenvalue weighted by Gasteiger charge is -2.07. The zero-order chi connectivity index (χ0) is 18.0. The lowest BCUT2D eigenvalue weighted by atomic mass is 10.3. The van der Waals surface area contributed by atoms with Gasteiger partial charge in [0, 0.05) is 6.07 Å². The van der Waals surface area contributed by atoms with E-state index in [1.165, 1.54) is 24.3 Å². The maximum Gasteiger partial charge on any atom is 0.573 e. The van der Waals surface area contributed by atoms with Crippen molar-refractivity contribution in [3.8, 4) is 11.5 Å². The van der Waals surface area contributed by atoms with E-state index < -0.39 is 12.4 Å². The van der Waals surface area contributed by atoms with Crippen LogP contribution in [0.25, 0.3) is 10.2 Å². The number of urea groups is 1. The van der Waals surface area contributed by atoms with Crippen LogP contribution in [0.3, 0.4) is 0 Å². The van der Waals surface area contributed by atoms with E-state index >= 15 is 0 Å². The fourth-order valence-corrected chi connectivity index (χ4v) is 2.87. The number of ether oxygens (including phenoxy) is 1. The minimum atomic E-state index is -4.78. The molecule has 0 saturated carbocycles. The highest BCUT2D eigenvalue weighted by Gasteiger charge is 2.31. The lowest BCUT2D eigenvalue weighted by molar-refractivity contribution is -0.274. The summed E-state index contributed by atoms with van der Waals surface area (Å²) in [5, 5.41) is 14.7. The number of phenolic OH excluding ortho intramolecular Hbond substituents is 1. The molecule has 0 unspecified atom stereocenters. The third kappa shape index (κ3) is 4.29. The van der Waals surface area contributed by atoms with Crippen LogP contribution in [0.15, 0.2) is 42.5 Å². The number of halogens is 3. The number of carbonyl (C=O) groups excluding carboxylic acids is 1. The van der Waals surface area contributed by atoms with Crippen molar-refractivity contribution in [2.24, 2.45) is 0 Å². The number of para-hydroxylation sites is 2. The lowest BCUT2D eigenvalue weighted by Crippen LogP contribution is -2.19. The normalized spacial score (nSPS) is 11.3. The third-order valence-electron chi connectivity index (χ3n) is 2.97. The highest BCUT2D eigenvalue weighted by Crippen LogP contribution is 2.31. The average Bonchev–Trinajstić information content (AvgIpc) is 2.89. The van der Waals surface area contributed by atoms with Crippen LogP contribution >= 0.6 is 11.3 Å². The van der Waals surface area contributed by atoms with Crippen molar-refractivity contribution >= 4 is 38.4 Å². The van der Waals surface area contributed by atoms with Gasteiger partial charge in [0.1, 0.15) is 11.5 Å². The molecular weight excluding hydrogens is 359 g/mol. The largest absolute Gasteiger partial charge is 0.573 e. The molecule has 0 saturated heterocycles. The molecule has 130 valence electrons. The van der Waals surface area contributed by atoms with Gasteiger partial charge in [0.25, 0.3) is 0 Å². The quantitative estimate of drug-likeness (QED) is 0.592. The Labute approximate surface area is 142 Å². The minimum absolute atomic E-state index is 0.101. The van der Waals surface area contributed by atoms with Gasteiger partial charge in [-0.25, -0.2) is 9.78 Å². The van der Waals surface area contributed by atoms with Crippen molar-refractivity contribution in [2.75, 3.05) is 10.6 Å². The van der Waals surface area contributed by atoms with E-state index in [4.69, 9.17) is 0 Å². The Balaban J connectivity index is 1.73. The fourth-order valence-electron chi connectivity index (χ4n) is 1.99. The minimum Gasteiger partial charge on any atom is -0.506 e. The van der Waals surface area contributed by atoms with Gasteiger partial charge in [-0.1, -0.05) is 23.5 Å². The fraction of sp³-hybridized carbons (Fsp3) is 0.0667. The number of alkyl halides is 3. The van der Waals surface area contributed by atoms with Gasteiger partial charge in [-0.3, -0.25) is 5.32 Å². The third-order valence-corrected chi connectivity index (χ3v) is 3.90. The van der Waals surface area contributed by atoms with Gasteiger partial charge in [0.2, 0.25) is 0 Å². The van der Waals surface area contributed by atoms with Gasteiger partial charge in [0.05, 0.1) is 15.9 Å². The predicted octanol–water partition coefficient (Wildman–Crippen LogP) is 4.54. The highest BCUT2D eigenvalue weighted by molar-refractivity contribution is 7.22. The SMILES string of the molecule is O=C(Nc1nc2ccc(OC(F)(F)F)cc2s1)Nc1ccccc1O. The number of rotatable bonds is 3. The molecule has 2 aromatic carbocycles. The Hall–Kier alpha value is -3.01. The smallest absolute Gasteiger partial charge is 0.506 e. The number of amides is 2. The average molecular weight is 369 g/mol. The summed E-state index contributed by atoms with van der Waals surface area (Å²) >= 11 is 0.988. The first kappa shape index (κ1) is 16.8. The van der Waals surface area contributed by atoms with Gasteiger partial charge < -0.3 is 15.2 Å². The second-order valence-electron chi connectivity index (χ2n) is 4.79. The van der Waals surface area contributed by atoms with Crippen molar-refractivity contribution in [3.63, 3.8) is 0 Å². The molecule has 1 heterocycles. The zero-order valence-corrected chi connectivity index (χ0v) is 13.1. The van der Waals surface area contributed by atoms with Gasteiger partial charge >= 0.3 is 12.4 Å². The monoisotopic (exact) mass is 369 g/mol. The number of carbonyl (C=O) groups is 1. The van der Waals surface area contributed by atoms with E-state index in [2.05, 4.69) is 20.4 Å². The van der Waals surface area contributed by atoms with Crippen molar-refractivity contribution in [3.05, 3.63) is 42.5 Å². The summed E-state index contributed by atoms with van der Waals surface area (Å²) in [5.74, 6) is -0.468. The molecule has 0 aliphatic heterocycles. The topological polar surface area (TPSA) is 83.5 Å². The van der Waals surface area contributed by atoms with E-state index in [0.29, 0.717) is 10.2 Å². The number of fused-ring (bicyclic) bond motifs is 1. The van der Waals surface area contributed by atoms with Crippen LogP contribution in [0.4, 0.5) is 28.8 Å². The summed E-state index contributed by atoms with van der Waals surface area (Å²) in [7, 11) is 0. The Morgan fingerprint density at radius 2 is 1.92 bits per heavy atom. The van der Waals surface area contributed by atoms with Crippen LogP contribution in [-0.4, -0.2) is 22.5 Å². The molecule has 3 rings (SSSR count). The number of benzene rings is 2. The summed E-state index contributed by atoms with van der Waals surface area (Å²) in [6.45, 7) is 0. The Morgan fingerprint density at radius 1 is 1.16 bits per heavy atom. The van der Waals surface area contributed by atoms with Gasteiger partial charge in [-0.2, -0.15) is 0 Å². The molecule has 3 N–H and O–H groups in total. The summed E-state index contributed by atoms with van der Waals surface area (Å²) in [6.07, 6.45) is -4.78. The number of phenols is 1. The van der Waals surface area contributed by atoms with E-state index in [0.717, 1.165) is 17.4 Å². The first-order valence-electron chi connectivity index (χ1n) is 6.82. The predicted molar refractivity (Wildman–Crippen MR) is 87.1 cm³/mol. The van der Waals surface area contributed by atoms with Crippen molar-refractivity contribution < 1.29 is 27.8 Å². The molecule has 0 radical (unpaired) electrons. The number of anilines is 2. The van der Waals surface area contributed by atoms with Crippen LogP contribution in [-0.2, 0) is 0 Å². The molecule has 3 aromatic rings. The second-order valence-corrected chi connectivity index (χ2v) is 5.82.